The third-order valence-electron chi connectivity index (χ3n) is 6.94. The molecule has 4 rings (SSSR count). The lowest BCUT2D eigenvalue weighted by molar-refractivity contribution is -0.160. The van der Waals surface area contributed by atoms with Gasteiger partial charge in [0, 0.05) is 5.56 Å². The summed E-state index contributed by atoms with van der Waals surface area (Å²) in [6, 6.07) is 24.3. The molecular weight excluding hydrogens is 452 g/mol. The number of phenols is 1. The molecular formula is C31H32O5. The van der Waals surface area contributed by atoms with Gasteiger partial charge < -0.3 is 14.6 Å². The van der Waals surface area contributed by atoms with Gasteiger partial charge in [0.05, 0.1) is 10.8 Å². The van der Waals surface area contributed by atoms with Crippen LogP contribution in [0.5, 0.6) is 11.5 Å². The van der Waals surface area contributed by atoms with Gasteiger partial charge in [0.2, 0.25) is 0 Å². The van der Waals surface area contributed by atoms with E-state index in [1.165, 1.54) is 24.3 Å². The second-order valence-corrected chi connectivity index (χ2v) is 10.2. The monoisotopic (exact) mass is 484 g/mol. The first-order valence-corrected chi connectivity index (χ1v) is 12.2. The Kier molecular flexibility index (Phi) is 7.02. The number of hydrogen-bond acceptors (Lipinski definition) is 5. The Morgan fingerprint density at radius 2 is 1.36 bits per heavy atom. The molecule has 36 heavy (non-hydrogen) atoms. The van der Waals surface area contributed by atoms with Crippen LogP contribution in [-0.4, -0.2) is 17.0 Å². The van der Waals surface area contributed by atoms with E-state index in [0.29, 0.717) is 12.2 Å². The third kappa shape index (κ3) is 5.20. The van der Waals surface area contributed by atoms with E-state index in [2.05, 4.69) is 18.2 Å². The van der Waals surface area contributed by atoms with Crippen LogP contribution in [0.2, 0.25) is 0 Å². The van der Waals surface area contributed by atoms with E-state index in [1.54, 1.807) is 13.8 Å². The first-order valence-electron chi connectivity index (χ1n) is 12.2. The second-order valence-electron chi connectivity index (χ2n) is 10.2. The first-order chi connectivity index (χ1) is 17.1. The van der Waals surface area contributed by atoms with E-state index in [-0.39, 0.29) is 24.7 Å². The summed E-state index contributed by atoms with van der Waals surface area (Å²) in [4.78, 5) is 26.4. The molecule has 5 heteroatoms. The number of carbonyl (C=O) groups excluding carboxylic acids is 2. The number of fused-ring (bicyclic) bond motifs is 2. The molecule has 0 aromatic heterocycles. The lowest BCUT2D eigenvalue weighted by Gasteiger charge is -2.33. The maximum Gasteiger partial charge on any atom is 0.317 e. The number of rotatable bonds is 8. The Morgan fingerprint density at radius 1 is 0.806 bits per heavy atom. The predicted molar refractivity (Wildman–Crippen MR) is 142 cm³/mol. The van der Waals surface area contributed by atoms with Gasteiger partial charge in [0.25, 0.3) is 0 Å². The molecule has 4 aromatic rings. The van der Waals surface area contributed by atoms with Crippen molar-refractivity contribution in [1.29, 1.82) is 0 Å². The molecule has 0 aliphatic rings. The Hall–Kier alpha value is -3.86. The van der Waals surface area contributed by atoms with Crippen molar-refractivity contribution in [1.82, 2.24) is 0 Å². The minimum atomic E-state index is -0.918. The molecule has 4 aromatic carbocycles. The number of phenolic OH excluding ortho intramolecular Hbond substituents is 1. The minimum Gasteiger partial charge on any atom is -0.508 e. The first kappa shape index (κ1) is 25.2. The third-order valence-corrected chi connectivity index (χ3v) is 6.94. The van der Waals surface area contributed by atoms with Crippen molar-refractivity contribution in [3.8, 4) is 11.5 Å². The van der Waals surface area contributed by atoms with Crippen LogP contribution in [0.4, 0.5) is 0 Å². The largest absolute Gasteiger partial charge is 0.508 e. The molecule has 0 amide bonds. The summed E-state index contributed by atoms with van der Waals surface area (Å²) in [5.74, 6) is -0.343. The van der Waals surface area contributed by atoms with Gasteiger partial charge in [0.15, 0.2) is 0 Å². The van der Waals surface area contributed by atoms with Gasteiger partial charge in [-0.3, -0.25) is 9.59 Å². The number of carbonyl (C=O) groups is 2. The maximum absolute atomic E-state index is 13.3. The van der Waals surface area contributed by atoms with Gasteiger partial charge in [-0.15, -0.1) is 0 Å². The van der Waals surface area contributed by atoms with Crippen LogP contribution >= 0.6 is 0 Å². The SMILES string of the molecule is CCC(C)(CC(C)(C)C(=O)OCc1c2ccccc2cc2ccccc12)C(=O)Oc1ccc(O)cc1. The summed E-state index contributed by atoms with van der Waals surface area (Å²) in [6.07, 6.45) is 0.761. The summed E-state index contributed by atoms with van der Waals surface area (Å²) in [7, 11) is 0. The van der Waals surface area contributed by atoms with Crippen LogP contribution in [0.25, 0.3) is 21.5 Å². The molecule has 0 spiro atoms. The fourth-order valence-corrected chi connectivity index (χ4v) is 4.73. The van der Waals surface area contributed by atoms with Crippen molar-refractivity contribution in [3.63, 3.8) is 0 Å². The molecule has 1 unspecified atom stereocenters. The average Bonchev–Trinajstić information content (AvgIpc) is 2.87. The van der Waals surface area contributed by atoms with Gasteiger partial charge >= 0.3 is 11.9 Å². The molecule has 0 aliphatic heterocycles. The predicted octanol–water partition coefficient (Wildman–Crippen LogP) is 7.18. The van der Waals surface area contributed by atoms with Gasteiger partial charge in [0.1, 0.15) is 18.1 Å². The Balaban J connectivity index is 1.52. The molecule has 0 heterocycles. The van der Waals surface area contributed by atoms with Gasteiger partial charge in [-0.2, -0.15) is 0 Å². The van der Waals surface area contributed by atoms with E-state index in [0.717, 1.165) is 27.1 Å². The minimum absolute atomic E-state index is 0.0934. The van der Waals surface area contributed by atoms with Crippen molar-refractivity contribution >= 4 is 33.5 Å². The summed E-state index contributed by atoms with van der Waals surface area (Å²) in [6.45, 7) is 7.46. The number of ether oxygens (including phenoxy) is 2. The second kappa shape index (κ2) is 10.0. The zero-order chi connectivity index (χ0) is 25.9. The highest BCUT2D eigenvalue weighted by Gasteiger charge is 2.43. The average molecular weight is 485 g/mol. The Bertz CT molecular complexity index is 1350. The molecule has 1 N–H and O–H groups in total. The van der Waals surface area contributed by atoms with Crippen molar-refractivity contribution in [2.24, 2.45) is 10.8 Å². The van der Waals surface area contributed by atoms with E-state index in [9.17, 15) is 14.7 Å². The summed E-state index contributed by atoms with van der Waals surface area (Å²) < 4.78 is 11.5. The molecule has 0 fully saturated rings. The molecule has 186 valence electrons. The van der Waals surface area contributed by atoms with Crippen LogP contribution < -0.4 is 4.74 Å². The van der Waals surface area contributed by atoms with Crippen molar-refractivity contribution in [3.05, 3.63) is 84.4 Å². The van der Waals surface area contributed by atoms with Crippen LogP contribution in [0.3, 0.4) is 0 Å². The van der Waals surface area contributed by atoms with E-state index >= 15 is 0 Å². The van der Waals surface area contributed by atoms with Crippen molar-refractivity contribution in [2.45, 2.75) is 47.1 Å². The van der Waals surface area contributed by atoms with E-state index in [1.807, 2.05) is 50.2 Å². The molecule has 1 atom stereocenters. The molecule has 5 nitrogen and oxygen atoms in total. The lowest BCUT2D eigenvalue weighted by atomic mass is 9.72. The molecule has 0 aliphatic carbocycles. The fourth-order valence-electron chi connectivity index (χ4n) is 4.73. The highest BCUT2D eigenvalue weighted by Crippen LogP contribution is 2.39. The van der Waals surface area contributed by atoms with E-state index in [4.69, 9.17) is 9.47 Å². The molecule has 0 saturated heterocycles. The van der Waals surface area contributed by atoms with Crippen molar-refractivity contribution < 1.29 is 24.2 Å². The number of hydrogen-bond donors (Lipinski definition) is 1. The van der Waals surface area contributed by atoms with Gasteiger partial charge in [-0.25, -0.2) is 0 Å². The Morgan fingerprint density at radius 3 is 1.92 bits per heavy atom. The molecule has 0 bridgehead atoms. The standard InChI is InChI=1S/C31H32O5/c1-5-31(4,29(34)36-24-16-14-23(32)15-17-24)20-30(2,3)28(33)35-19-27-25-12-8-6-10-21(25)18-22-11-7-9-13-26(22)27/h6-18,32H,5,19-20H2,1-4H3. The quantitative estimate of drug-likeness (QED) is 0.163. The molecule has 0 radical (unpaired) electrons. The summed E-state index contributed by atoms with van der Waals surface area (Å²) in [5.41, 5.74) is -0.844. The number of aromatic hydroxyl groups is 1. The normalized spacial score (nSPS) is 13.3. The number of esters is 2. The smallest absolute Gasteiger partial charge is 0.317 e. The van der Waals surface area contributed by atoms with Crippen LogP contribution in [0, 0.1) is 10.8 Å². The molecule has 0 saturated carbocycles. The van der Waals surface area contributed by atoms with Crippen LogP contribution in [-0.2, 0) is 20.9 Å². The van der Waals surface area contributed by atoms with Gasteiger partial charge in [-0.05, 0) is 85.5 Å². The van der Waals surface area contributed by atoms with Crippen LogP contribution in [0.1, 0.15) is 46.1 Å². The topological polar surface area (TPSA) is 72.8 Å². The van der Waals surface area contributed by atoms with Crippen LogP contribution in [0.15, 0.2) is 78.9 Å². The van der Waals surface area contributed by atoms with Gasteiger partial charge in [-0.1, -0.05) is 55.5 Å². The summed E-state index contributed by atoms with van der Waals surface area (Å²) in [5, 5.41) is 13.8. The zero-order valence-corrected chi connectivity index (χ0v) is 21.2. The lowest BCUT2D eigenvalue weighted by Crippen LogP contribution is -2.39. The maximum atomic E-state index is 13.3. The van der Waals surface area contributed by atoms with Crippen molar-refractivity contribution in [2.75, 3.05) is 0 Å². The Labute approximate surface area is 211 Å². The summed E-state index contributed by atoms with van der Waals surface area (Å²) >= 11 is 0. The highest BCUT2D eigenvalue weighted by atomic mass is 16.5. The highest BCUT2D eigenvalue weighted by molar-refractivity contribution is 6.02. The van der Waals surface area contributed by atoms with E-state index < -0.39 is 16.8 Å². The zero-order valence-electron chi connectivity index (χ0n) is 21.2. The number of benzene rings is 4. The fraction of sp³-hybridized carbons (Fsp3) is 0.290.